The summed E-state index contributed by atoms with van der Waals surface area (Å²) in [5.74, 6) is -0.354. The predicted molar refractivity (Wildman–Crippen MR) is 104 cm³/mol. The molecule has 3 rings (SSSR count). The maximum absolute atomic E-state index is 11.3. The minimum Gasteiger partial charge on any atom is -0.366 e. The monoisotopic (exact) mass is 380 g/mol. The molecule has 7 heteroatoms. The molecule has 0 aromatic carbocycles. The number of rotatable bonds is 6. The smallest absolute Gasteiger partial charge is 0.249 e. The molecule has 0 saturated carbocycles. The van der Waals surface area contributed by atoms with Gasteiger partial charge in [-0.1, -0.05) is 6.07 Å². The first-order chi connectivity index (χ1) is 11.7. The van der Waals surface area contributed by atoms with Crippen LogP contribution in [0.4, 0.5) is 0 Å². The highest BCUT2D eigenvalue weighted by Gasteiger charge is 2.21. The fourth-order valence-electron chi connectivity index (χ4n) is 3.17. The fraction of sp³-hybridized carbons (Fsp3) is 0.444. The van der Waals surface area contributed by atoms with E-state index in [2.05, 4.69) is 21.3 Å². The van der Waals surface area contributed by atoms with Crippen LogP contribution in [0.3, 0.4) is 0 Å². The second-order valence-corrected chi connectivity index (χ2v) is 7.22. The fourth-order valence-corrected chi connectivity index (χ4v) is 4.07. The van der Waals surface area contributed by atoms with E-state index in [1.54, 1.807) is 11.3 Å². The molecule has 0 bridgehead atoms. The Morgan fingerprint density at radius 3 is 2.92 bits per heavy atom. The van der Waals surface area contributed by atoms with E-state index in [1.807, 2.05) is 29.8 Å². The Kier molecular flexibility index (Phi) is 7.84. The van der Waals surface area contributed by atoms with Gasteiger partial charge in [0.2, 0.25) is 5.91 Å². The quantitative estimate of drug-likeness (QED) is 0.808. The lowest BCUT2D eigenvalue weighted by Crippen LogP contribution is -2.35. The van der Waals surface area contributed by atoms with Gasteiger partial charge in [-0.05, 0) is 50.6 Å². The van der Waals surface area contributed by atoms with Gasteiger partial charge in [0, 0.05) is 35.6 Å². The van der Waals surface area contributed by atoms with Crippen molar-refractivity contribution in [1.29, 1.82) is 0 Å². The van der Waals surface area contributed by atoms with Gasteiger partial charge in [0.1, 0.15) is 0 Å². The van der Waals surface area contributed by atoms with Crippen LogP contribution in [-0.4, -0.2) is 34.9 Å². The predicted octanol–water partition coefficient (Wildman–Crippen LogP) is 2.81. The molecule has 2 aromatic rings. The summed E-state index contributed by atoms with van der Waals surface area (Å²) in [6.45, 7) is 3.81. The maximum Gasteiger partial charge on any atom is 0.249 e. The second kappa shape index (κ2) is 9.87. The van der Waals surface area contributed by atoms with Crippen LogP contribution in [0.15, 0.2) is 35.8 Å². The summed E-state index contributed by atoms with van der Waals surface area (Å²) in [5.41, 5.74) is 7.07. The third-order valence-electron chi connectivity index (χ3n) is 4.45. The zero-order valence-electron chi connectivity index (χ0n) is 14.2. The molecular weight excluding hydrogens is 356 g/mol. The molecule has 3 heterocycles. The Bertz CT molecular complexity index is 656. The van der Waals surface area contributed by atoms with Crippen molar-refractivity contribution >= 4 is 29.7 Å². The van der Waals surface area contributed by atoms with Gasteiger partial charge in [-0.15, -0.1) is 23.7 Å². The number of halogens is 1. The lowest BCUT2D eigenvalue weighted by molar-refractivity contribution is 0.100. The number of pyridine rings is 1. The molecule has 0 aliphatic carbocycles. The van der Waals surface area contributed by atoms with Crippen molar-refractivity contribution < 1.29 is 4.79 Å². The molecule has 0 spiro atoms. The van der Waals surface area contributed by atoms with Crippen LogP contribution in [0.5, 0.6) is 0 Å². The van der Waals surface area contributed by atoms with Crippen molar-refractivity contribution in [3.05, 3.63) is 52.0 Å². The van der Waals surface area contributed by atoms with Crippen LogP contribution >= 0.6 is 23.7 Å². The van der Waals surface area contributed by atoms with E-state index in [9.17, 15) is 4.79 Å². The Labute approximate surface area is 159 Å². The largest absolute Gasteiger partial charge is 0.366 e. The van der Waals surface area contributed by atoms with E-state index in [4.69, 9.17) is 5.73 Å². The van der Waals surface area contributed by atoms with Gasteiger partial charge in [-0.2, -0.15) is 0 Å². The number of thiophene rings is 1. The molecule has 1 fully saturated rings. The average molecular weight is 381 g/mol. The normalized spacial score (nSPS) is 17.7. The first-order valence-electron chi connectivity index (χ1n) is 8.44. The molecule has 0 radical (unpaired) electrons. The number of hydrogen-bond donors (Lipinski definition) is 2. The van der Waals surface area contributed by atoms with Crippen LogP contribution in [0.25, 0.3) is 0 Å². The standard InChI is InChI=1S/C18H24N4OS.ClH/c19-18(23)14-10-17(24-13-14)12-22(11-15-4-1-2-8-21-15)16-5-3-7-20-9-6-16;/h1-2,4,8,10,13,16,20H,3,5-7,9,11-12H2,(H2,19,23);1H. The minimum atomic E-state index is -0.354. The Morgan fingerprint density at radius 2 is 2.20 bits per heavy atom. The van der Waals surface area contributed by atoms with E-state index in [1.165, 1.54) is 17.7 Å². The number of primary amides is 1. The molecule has 1 saturated heterocycles. The number of nitrogens with zero attached hydrogens (tertiary/aromatic N) is 2. The summed E-state index contributed by atoms with van der Waals surface area (Å²) in [6, 6.07) is 8.51. The van der Waals surface area contributed by atoms with Gasteiger partial charge in [0.25, 0.3) is 0 Å². The van der Waals surface area contributed by atoms with Crippen LogP contribution in [0, 0.1) is 0 Å². The molecule has 1 aliphatic rings. The molecule has 25 heavy (non-hydrogen) atoms. The van der Waals surface area contributed by atoms with E-state index in [-0.39, 0.29) is 18.3 Å². The number of nitrogens with two attached hydrogens (primary N) is 1. The zero-order valence-corrected chi connectivity index (χ0v) is 15.8. The van der Waals surface area contributed by atoms with Crippen LogP contribution in [0.2, 0.25) is 0 Å². The summed E-state index contributed by atoms with van der Waals surface area (Å²) in [6.07, 6.45) is 5.37. The van der Waals surface area contributed by atoms with Crippen molar-refractivity contribution in [2.24, 2.45) is 5.73 Å². The highest BCUT2D eigenvalue weighted by Crippen LogP contribution is 2.22. The first-order valence-corrected chi connectivity index (χ1v) is 9.32. The SMILES string of the molecule is Cl.NC(=O)c1csc(CN(Cc2ccccn2)C2CCCNCC2)c1. The first kappa shape index (κ1) is 19.8. The van der Waals surface area contributed by atoms with Crippen molar-refractivity contribution in [3.63, 3.8) is 0 Å². The molecule has 1 aliphatic heterocycles. The van der Waals surface area contributed by atoms with E-state index in [0.717, 1.165) is 38.3 Å². The molecule has 2 aromatic heterocycles. The number of nitrogens with one attached hydrogen (secondary N) is 1. The Balaban J connectivity index is 0.00000225. The van der Waals surface area contributed by atoms with Gasteiger partial charge in [-0.3, -0.25) is 14.7 Å². The zero-order chi connectivity index (χ0) is 16.8. The molecule has 1 amide bonds. The average Bonchev–Trinajstić information content (AvgIpc) is 2.89. The van der Waals surface area contributed by atoms with Crippen molar-refractivity contribution in [2.45, 2.75) is 38.4 Å². The molecular formula is C18H25ClN4OS. The van der Waals surface area contributed by atoms with Gasteiger partial charge in [0.15, 0.2) is 0 Å². The van der Waals surface area contributed by atoms with Crippen molar-refractivity contribution in [3.8, 4) is 0 Å². The number of carbonyl (C=O) groups is 1. The summed E-state index contributed by atoms with van der Waals surface area (Å²) in [7, 11) is 0. The molecule has 136 valence electrons. The van der Waals surface area contributed by atoms with Crippen LogP contribution < -0.4 is 11.1 Å². The minimum absolute atomic E-state index is 0. The number of carbonyl (C=O) groups excluding carboxylic acids is 1. The van der Waals surface area contributed by atoms with Gasteiger partial charge in [0.05, 0.1) is 11.3 Å². The highest BCUT2D eigenvalue weighted by molar-refractivity contribution is 7.10. The Morgan fingerprint density at radius 1 is 1.32 bits per heavy atom. The summed E-state index contributed by atoms with van der Waals surface area (Å²) >= 11 is 1.61. The third kappa shape index (κ3) is 5.78. The van der Waals surface area contributed by atoms with E-state index < -0.39 is 0 Å². The van der Waals surface area contributed by atoms with Gasteiger partial charge in [-0.25, -0.2) is 0 Å². The number of hydrogen-bond acceptors (Lipinski definition) is 5. The van der Waals surface area contributed by atoms with Crippen LogP contribution in [-0.2, 0) is 13.1 Å². The Hall–Kier alpha value is -1.47. The molecule has 5 nitrogen and oxygen atoms in total. The van der Waals surface area contributed by atoms with Gasteiger partial charge < -0.3 is 11.1 Å². The van der Waals surface area contributed by atoms with Crippen molar-refractivity contribution in [1.82, 2.24) is 15.2 Å². The number of amides is 1. The molecule has 3 N–H and O–H groups in total. The molecule has 1 atom stereocenters. The van der Waals surface area contributed by atoms with Gasteiger partial charge >= 0.3 is 0 Å². The summed E-state index contributed by atoms with van der Waals surface area (Å²) < 4.78 is 0. The summed E-state index contributed by atoms with van der Waals surface area (Å²) in [4.78, 5) is 19.5. The van der Waals surface area contributed by atoms with Crippen molar-refractivity contribution in [2.75, 3.05) is 13.1 Å². The van der Waals surface area contributed by atoms with Crippen LogP contribution in [0.1, 0.15) is 40.2 Å². The van der Waals surface area contributed by atoms with E-state index in [0.29, 0.717) is 11.6 Å². The topological polar surface area (TPSA) is 71.2 Å². The number of aromatic nitrogens is 1. The highest BCUT2D eigenvalue weighted by atomic mass is 35.5. The maximum atomic E-state index is 11.3. The molecule has 1 unspecified atom stereocenters. The lowest BCUT2D eigenvalue weighted by atomic mass is 10.1. The second-order valence-electron chi connectivity index (χ2n) is 6.23. The third-order valence-corrected chi connectivity index (χ3v) is 5.37. The lowest BCUT2D eigenvalue weighted by Gasteiger charge is -2.30. The van der Waals surface area contributed by atoms with E-state index >= 15 is 0 Å². The summed E-state index contributed by atoms with van der Waals surface area (Å²) in [5, 5.41) is 5.33.